The van der Waals surface area contributed by atoms with E-state index in [1.54, 1.807) is 4.90 Å². The second-order valence-corrected chi connectivity index (χ2v) is 12.7. The van der Waals surface area contributed by atoms with Crippen molar-refractivity contribution in [2.75, 3.05) is 31.1 Å². The first-order chi connectivity index (χ1) is 19.5. The largest absolute Gasteiger partial charge is 0.434 e. The fraction of sp³-hybridized carbons (Fsp3) is 0.515. The van der Waals surface area contributed by atoms with Crippen molar-refractivity contribution in [1.82, 2.24) is 15.6 Å². The maximum Gasteiger partial charge on any atom is 0.264 e. The van der Waals surface area contributed by atoms with Gasteiger partial charge in [-0.3, -0.25) is 14.4 Å². The zero-order valence-corrected chi connectivity index (χ0v) is 25.1. The second kappa shape index (κ2) is 13.0. The molecule has 1 aliphatic heterocycles. The van der Waals surface area contributed by atoms with Gasteiger partial charge in [0.05, 0.1) is 0 Å². The molecule has 3 aromatic rings. The second-order valence-electron chi connectivity index (χ2n) is 12.7. The van der Waals surface area contributed by atoms with Gasteiger partial charge in [0.2, 0.25) is 17.6 Å². The number of para-hydroxylation sites is 1. The molecule has 41 heavy (non-hydrogen) atoms. The summed E-state index contributed by atoms with van der Waals surface area (Å²) in [6, 6.07) is 15.4. The Hall–Kier alpha value is -3.52. The molecule has 0 radical (unpaired) electrons. The molecular formula is C33H44N4O4. The monoisotopic (exact) mass is 560 g/mol. The Balaban J connectivity index is 1.37. The number of anilines is 1. The summed E-state index contributed by atoms with van der Waals surface area (Å²) in [7, 11) is 0. The Kier molecular flexibility index (Phi) is 9.64. The number of carbonyl (C=O) groups is 3. The van der Waals surface area contributed by atoms with Gasteiger partial charge in [0.1, 0.15) is 5.52 Å². The molecule has 0 saturated carbocycles. The topological polar surface area (TPSA) is 105 Å². The zero-order chi connectivity index (χ0) is 29.6. The number of nitrogens with one attached hydrogen (secondary N) is 2. The Morgan fingerprint density at radius 3 is 2.41 bits per heavy atom. The van der Waals surface area contributed by atoms with Crippen LogP contribution in [0, 0.1) is 11.3 Å². The summed E-state index contributed by atoms with van der Waals surface area (Å²) in [5.74, 6) is -0.00615. The highest BCUT2D eigenvalue weighted by atomic mass is 16.4. The fourth-order valence-electron chi connectivity index (χ4n) is 5.17. The first-order valence-electron chi connectivity index (χ1n) is 14.8. The molecule has 0 unspecified atom stereocenters. The Labute approximate surface area is 243 Å². The molecule has 0 bridgehead atoms. The first-order valence-corrected chi connectivity index (χ1v) is 14.8. The van der Waals surface area contributed by atoms with Crippen molar-refractivity contribution in [1.29, 1.82) is 0 Å². The van der Waals surface area contributed by atoms with E-state index >= 15 is 0 Å². The number of oxazole rings is 1. The predicted octanol–water partition coefficient (Wildman–Crippen LogP) is 5.65. The lowest BCUT2D eigenvalue weighted by Gasteiger charge is -2.32. The summed E-state index contributed by atoms with van der Waals surface area (Å²) in [5, 5.41) is 6.32. The number of benzene rings is 2. The molecule has 8 nitrogen and oxygen atoms in total. The Morgan fingerprint density at radius 2 is 1.73 bits per heavy atom. The van der Waals surface area contributed by atoms with Crippen LogP contribution in [0.1, 0.15) is 83.0 Å². The highest BCUT2D eigenvalue weighted by molar-refractivity contribution is 5.97. The van der Waals surface area contributed by atoms with E-state index in [0.29, 0.717) is 37.0 Å². The normalized spacial score (nSPS) is 14.7. The molecule has 1 fully saturated rings. The van der Waals surface area contributed by atoms with E-state index in [4.69, 9.17) is 4.42 Å². The van der Waals surface area contributed by atoms with E-state index in [-0.39, 0.29) is 41.2 Å². The number of aromatic nitrogens is 1. The van der Waals surface area contributed by atoms with Crippen molar-refractivity contribution in [3.8, 4) is 0 Å². The van der Waals surface area contributed by atoms with Crippen LogP contribution in [-0.2, 0) is 15.0 Å². The van der Waals surface area contributed by atoms with Gasteiger partial charge in [-0.05, 0) is 74.0 Å². The van der Waals surface area contributed by atoms with E-state index < -0.39 is 5.41 Å². The van der Waals surface area contributed by atoms with Gasteiger partial charge >= 0.3 is 0 Å². The number of rotatable bonds is 11. The Morgan fingerprint density at radius 1 is 1.02 bits per heavy atom. The average Bonchev–Trinajstić information content (AvgIpc) is 3.39. The number of piperidine rings is 1. The smallest absolute Gasteiger partial charge is 0.264 e. The number of ketones is 1. The average molecular weight is 561 g/mol. The third-order valence-corrected chi connectivity index (χ3v) is 7.93. The van der Waals surface area contributed by atoms with Gasteiger partial charge < -0.3 is 20.0 Å². The summed E-state index contributed by atoms with van der Waals surface area (Å²) in [6.45, 7) is 12.8. The molecular weight excluding hydrogens is 516 g/mol. The number of amides is 2. The highest BCUT2D eigenvalue weighted by Gasteiger charge is 2.33. The number of hydrogen-bond acceptors (Lipinski definition) is 6. The lowest BCUT2D eigenvalue weighted by Crippen LogP contribution is -2.44. The molecule has 4 rings (SSSR count). The minimum atomic E-state index is -0.702. The van der Waals surface area contributed by atoms with Crippen molar-refractivity contribution in [2.45, 2.75) is 72.1 Å². The van der Waals surface area contributed by atoms with Crippen molar-refractivity contribution in [3.63, 3.8) is 0 Å². The van der Waals surface area contributed by atoms with Crippen LogP contribution in [-0.4, -0.2) is 48.8 Å². The maximum atomic E-state index is 13.8. The third kappa shape index (κ3) is 7.82. The van der Waals surface area contributed by atoms with Crippen LogP contribution in [0.25, 0.3) is 11.1 Å². The molecule has 1 aliphatic rings. The van der Waals surface area contributed by atoms with E-state index in [9.17, 15) is 14.4 Å². The SMILES string of the molecule is CC(C)(CCNC(=O)C1CCNCC1)C(=O)N(CCCC(=O)c1nc2cc(C(C)(C)C)ccc2o1)c1ccccc1. The molecule has 1 aromatic heterocycles. The molecule has 220 valence electrons. The van der Waals surface area contributed by atoms with Crippen LogP contribution in [0.2, 0.25) is 0 Å². The van der Waals surface area contributed by atoms with Crippen molar-refractivity contribution >= 4 is 34.4 Å². The highest BCUT2D eigenvalue weighted by Crippen LogP contribution is 2.29. The standard InChI is InChI=1S/C33H44N4O4/c1-32(2,3)24-13-14-28-26(22-24)36-30(41-28)27(38)12-9-21-37(25-10-7-6-8-11-25)31(40)33(4,5)17-20-35-29(39)23-15-18-34-19-16-23/h6-8,10-11,13-14,22-23,34H,9,12,15-21H2,1-5H3,(H,35,39). The maximum absolute atomic E-state index is 13.8. The van der Waals surface area contributed by atoms with Gasteiger partial charge in [-0.15, -0.1) is 0 Å². The van der Waals surface area contributed by atoms with Gasteiger partial charge in [0.25, 0.3) is 5.89 Å². The molecule has 0 spiro atoms. The predicted molar refractivity (Wildman–Crippen MR) is 162 cm³/mol. The van der Waals surface area contributed by atoms with Crippen molar-refractivity contribution < 1.29 is 18.8 Å². The van der Waals surface area contributed by atoms with Crippen molar-refractivity contribution in [2.24, 2.45) is 11.3 Å². The van der Waals surface area contributed by atoms with E-state index in [1.165, 1.54) is 0 Å². The first kappa shape index (κ1) is 30.4. The van der Waals surface area contributed by atoms with Crippen LogP contribution in [0.3, 0.4) is 0 Å². The van der Waals surface area contributed by atoms with E-state index in [0.717, 1.165) is 37.2 Å². The minimum absolute atomic E-state index is 0.0305. The van der Waals surface area contributed by atoms with Gasteiger partial charge in [-0.25, -0.2) is 4.98 Å². The quantitative estimate of drug-likeness (QED) is 0.294. The summed E-state index contributed by atoms with van der Waals surface area (Å²) in [4.78, 5) is 45.6. The summed E-state index contributed by atoms with van der Waals surface area (Å²) < 4.78 is 5.77. The van der Waals surface area contributed by atoms with Crippen LogP contribution >= 0.6 is 0 Å². The molecule has 2 amide bonds. The van der Waals surface area contributed by atoms with Crippen LogP contribution < -0.4 is 15.5 Å². The molecule has 0 aliphatic carbocycles. The summed E-state index contributed by atoms with van der Waals surface area (Å²) in [5.41, 5.74) is 2.45. The zero-order valence-electron chi connectivity index (χ0n) is 25.1. The third-order valence-electron chi connectivity index (χ3n) is 7.93. The fourth-order valence-corrected chi connectivity index (χ4v) is 5.17. The van der Waals surface area contributed by atoms with Gasteiger partial charge in [0.15, 0.2) is 5.58 Å². The van der Waals surface area contributed by atoms with Crippen LogP contribution in [0.5, 0.6) is 0 Å². The number of carbonyl (C=O) groups excluding carboxylic acids is 3. The molecule has 2 heterocycles. The van der Waals surface area contributed by atoms with Crippen LogP contribution in [0.15, 0.2) is 52.9 Å². The number of Topliss-reactive ketones (excluding diaryl/α,β-unsaturated/α-hetero) is 1. The lowest BCUT2D eigenvalue weighted by atomic mass is 9.87. The molecule has 1 saturated heterocycles. The minimum Gasteiger partial charge on any atom is -0.434 e. The molecule has 0 atom stereocenters. The van der Waals surface area contributed by atoms with Crippen molar-refractivity contribution in [3.05, 3.63) is 60.0 Å². The molecule has 2 aromatic carbocycles. The number of hydrogen-bond donors (Lipinski definition) is 2. The van der Waals surface area contributed by atoms with E-state index in [2.05, 4.69) is 36.4 Å². The molecule has 8 heteroatoms. The van der Waals surface area contributed by atoms with Gasteiger partial charge in [-0.1, -0.05) is 58.9 Å². The van der Waals surface area contributed by atoms with Gasteiger partial charge in [-0.2, -0.15) is 0 Å². The van der Waals surface area contributed by atoms with Gasteiger partial charge in [0, 0.05) is 36.5 Å². The molecule has 2 N–H and O–H groups in total. The summed E-state index contributed by atoms with van der Waals surface area (Å²) in [6.07, 6.45) is 2.88. The number of fused-ring (bicyclic) bond motifs is 1. The Bertz CT molecular complexity index is 1350. The summed E-state index contributed by atoms with van der Waals surface area (Å²) >= 11 is 0. The van der Waals surface area contributed by atoms with E-state index in [1.807, 2.05) is 62.4 Å². The lowest BCUT2D eigenvalue weighted by molar-refractivity contribution is -0.128. The number of nitrogens with zero attached hydrogens (tertiary/aromatic N) is 2. The van der Waals surface area contributed by atoms with Crippen LogP contribution in [0.4, 0.5) is 5.69 Å².